The molecule has 4 rings (SSSR count). The highest BCUT2D eigenvalue weighted by Gasteiger charge is 2.13. The second kappa shape index (κ2) is 8.19. The van der Waals surface area contributed by atoms with Crippen molar-refractivity contribution in [2.45, 2.75) is 5.16 Å². The zero-order valence-electron chi connectivity index (χ0n) is 15.5. The Morgan fingerprint density at radius 2 is 2.03 bits per heavy atom. The fourth-order valence-electron chi connectivity index (χ4n) is 2.76. The van der Waals surface area contributed by atoms with Gasteiger partial charge in [0.2, 0.25) is 5.91 Å². The molecule has 0 spiro atoms. The molecule has 0 unspecified atom stereocenters. The maximum atomic E-state index is 12.4. The van der Waals surface area contributed by atoms with Gasteiger partial charge in [0, 0.05) is 11.8 Å². The lowest BCUT2D eigenvalue weighted by atomic mass is 10.3. The lowest BCUT2D eigenvalue weighted by molar-refractivity contribution is -0.113. The summed E-state index contributed by atoms with van der Waals surface area (Å²) in [4.78, 5) is 31.8. The van der Waals surface area contributed by atoms with Gasteiger partial charge in [0.05, 0.1) is 24.7 Å². The van der Waals surface area contributed by atoms with Crippen LogP contribution < -0.4 is 15.6 Å². The van der Waals surface area contributed by atoms with Crippen LogP contribution in [0.25, 0.3) is 16.7 Å². The number of hydrogen-bond acceptors (Lipinski definition) is 6. The molecule has 0 aliphatic heterocycles. The van der Waals surface area contributed by atoms with Crippen LogP contribution in [-0.2, 0) is 4.79 Å². The molecule has 0 atom stereocenters. The second-order valence-corrected chi connectivity index (χ2v) is 7.03. The van der Waals surface area contributed by atoms with Crippen LogP contribution >= 0.6 is 11.8 Å². The zero-order valence-corrected chi connectivity index (χ0v) is 16.3. The molecule has 1 amide bonds. The number of aromatic amines is 1. The van der Waals surface area contributed by atoms with Crippen LogP contribution in [0.3, 0.4) is 0 Å². The Balaban J connectivity index is 1.52. The number of thioether (sulfide) groups is 1. The van der Waals surface area contributed by atoms with Gasteiger partial charge in [-0.3, -0.25) is 9.59 Å². The van der Waals surface area contributed by atoms with Crippen molar-refractivity contribution in [1.82, 2.24) is 19.7 Å². The Morgan fingerprint density at radius 1 is 1.21 bits per heavy atom. The molecule has 0 aliphatic carbocycles. The third-order valence-corrected chi connectivity index (χ3v) is 4.98. The number of methoxy groups -OCH3 is 1. The van der Waals surface area contributed by atoms with Crippen molar-refractivity contribution in [3.63, 3.8) is 0 Å². The first kappa shape index (κ1) is 18.8. The van der Waals surface area contributed by atoms with Gasteiger partial charge in [0.1, 0.15) is 11.1 Å². The van der Waals surface area contributed by atoms with Gasteiger partial charge in [0.25, 0.3) is 5.56 Å². The normalized spacial score (nSPS) is 10.8. The molecule has 2 N–H and O–H groups in total. The third-order valence-electron chi connectivity index (χ3n) is 4.11. The minimum Gasteiger partial charge on any atom is -0.497 e. The number of aromatic nitrogens is 4. The summed E-state index contributed by atoms with van der Waals surface area (Å²) in [6.45, 7) is 0. The van der Waals surface area contributed by atoms with E-state index in [0.29, 0.717) is 27.6 Å². The summed E-state index contributed by atoms with van der Waals surface area (Å²) in [6, 6.07) is 16.5. The van der Waals surface area contributed by atoms with Crippen LogP contribution in [0.15, 0.2) is 70.7 Å². The van der Waals surface area contributed by atoms with E-state index in [1.807, 2.05) is 30.3 Å². The molecule has 2 aromatic heterocycles. The first-order valence-corrected chi connectivity index (χ1v) is 9.73. The number of para-hydroxylation sites is 1. The fourth-order valence-corrected chi connectivity index (χ4v) is 3.41. The predicted octanol–water partition coefficient (Wildman–Crippen LogP) is 2.85. The molecule has 0 bridgehead atoms. The quantitative estimate of drug-likeness (QED) is 0.376. The lowest BCUT2D eigenvalue weighted by Gasteiger charge is -2.07. The first-order chi connectivity index (χ1) is 14.1. The Kier molecular flexibility index (Phi) is 5.30. The first-order valence-electron chi connectivity index (χ1n) is 8.74. The topological polar surface area (TPSA) is 102 Å². The van der Waals surface area contributed by atoms with Crippen LogP contribution in [0.5, 0.6) is 5.75 Å². The zero-order chi connectivity index (χ0) is 20.2. The highest BCUT2D eigenvalue weighted by molar-refractivity contribution is 7.99. The maximum absolute atomic E-state index is 12.4. The molecule has 4 aromatic rings. The van der Waals surface area contributed by atoms with E-state index in [9.17, 15) is 9.59 Å². The average Bonchev–Trinajstić information content (AvgIpc) is 3.18. The predicted molar refractivity (Wildman–Crippen MR) is 112 cm³/mol. The fraction of sp³-hybridized carbons (Fsp3) is 0.100. The van der Waals surface area contributed by atoms with Crippen molar-refractivity contribution < 1.29 is 9.53 Å². The number of nitrogens with zero attached hydrogens (tertiary/aromatic N) is 3. The molecular formula is C20H17N5O3S. The number of anilines is 1. The SMILES string of the molecule is COc1cccc(NC(=O)CSc2nc3c(cnn3-c3ccccc3)c(=O)[nH]2)c1. The van der Waals surface area contributed by atoms with Crippen LogP contribution in [0, 0.1) is 0 Å². The Morgan fingerprint density at radius 3 is 2.83 bits per heavy atom. The number of rotatable bonds is 6. The van der Waals surface area contributed by atoms with Crippen LogP contribution in [-0.4, -0.2) is 38.5 Å². The van der Waals surface area contributed by atoms with E-state index >= 15 is 0 Å². The number of H-pyrrole nitrogens is 1. The molecule has 0 saturated heterocycles. The van der Waals surface area contributed by atoms with E-state index in [2.05, 4.69) is 20.4 Å². The summed E-state index contributed by atoms with van der Waals surface area (Å²) >= 11 is 1.14. The summed E-state index contributed by atoms with van der Waals surface area (Å²) in [5.41, 5.74) is 1.57. The minimum absolute atomic E-state index is 0.0884. The number of carbonyl (C=O) groups is 1. The minimum atomic E-state index is -0.298. The van der Waals surface area contributed by atoms with Crippen LogP contribution in [0.1, 0.15) is 0 Å². The van der Waals surface area contributed by atoms with Gasteiger partial charge < -0.3 is 15.0 Å². The highest BCUT2D eigenvalue weighted by atomic mass is 32.2. The van der Waals surface area contributed by atoms with Crippen molar-refractivity contribution in [3.8, 4) is 11.4 Å². The van der Waals surface area contributed by atoms with Crippen molar-refractivity contribution in [2.24, 2.45) is 0 Å². The van der Waals surface area contributed by atoms with Crippen molar-refractivity contribution in [1.29, 1.82) is 0 Å². The van der Waals surface area contributed by atoms with E-state index in [1.54, 1.807) is 36.1 Å². The standard InChI is InChI=1S/C20H17N5O3S/c1-28-15-9-5-6-13(10-15)22-17(26)12-29-20-23-18-16(19(27)24-20)11-21-25(18)14-7-3-2-4-8-14/h2-11H,12H2,1H3,(H,22,26)(H,23,24,27). The molecule has 0 fully saturated rings. The second-order valence-electron chi connectivity index (χ2n) is 6.07. The summed E-state index contributed by atoms with van der Waals surface area (Å²) in [5.74, 6) is 0.522. The molecule has 8 nitrogen and oxygen atoms in total. The number of benzene rings is 2. The summed E-state index contributed by atoms with van der Waals surface area (Å²) in [5, 5.41) is 7.80. The van der Waals surface area contributed by atoms with E-state index in [-0.39, 0.29) is 17.2 Å². The molecule has 2 aromatic carbocycles. The Hall–Kier alpha value is -3.59. The van der Waals surface area contributed by atoms with E-state index in [4.69, 9.17) is 4.74 Å². The summed E-state index contributed by atoms with van der Waals surface area (Å²) in [7, 11) is 1.56. The van der Waals surface area contributed by atoms with Crippen LogP contribution in [0.4, 0.5) is 5.69 Å². The van der Waals surface area contributed by atoms with Crippen molar-refractivity contribution in [2.75, 3.05) is 18.2 Å². The molecule has 0 aliphatic rings. The van der Waals surface area contributed by atoms with Crippen molar-refractivity contribution >= 4 is 34.4 Å². The number of nitrogens with one attached hydrogen (secondary N) is 2. The Bertz CT molecular complexity index is 1220. The van der Waals surface area contributed by atoms with Crippen LogP contribution in [0.2, 0.25) is 0 Å². The maximum Gasteiger partial charge on any atom is 0.262 e. The number of fused-ring (bicyclic) bond motifs is 1. The number of hydrogen-bond donors (Lipinski definition) is 2. The Labute approximate surface area is 169 Å². The molecule has 0 saturated carbocycles. The van der Waals surface area contributed by atoms with Gasteiger partial charge in [-0.1, -0.05) is 36.0 Å². The summed E-state index contributed by atoms with van der Waals surface area (Å²) in [6.07, 6.45) is 1.48. The number of amides is 1. The number of ether oxygens (including phenoxy) is 1. The molecule has 0 radical (unpaired) electrons. The monoisotopic (exact) mass is 407 g/mol. The third kappa shape index (κ3) is 4.14. The van der Waals surface area contributed by atoms with E-state index in [1.165, 1.54) is 6.20 Å². The van der Waals surface area contributed by atoms with Crippen molar-refractivity contribution in [3.05, 3.63) is 71.1 Å². The molecule has 9 heteroatoms. The summed E-state index contributed by atoms with van der Waals surface area (Å²) < 4.78 is 6.75. The van der Waals surface area contributed by atoms with Gasteiger partial charge in [-0.05, 0) is 24.3 Å². The van der Waals surface area contributed by atoms with E-state index < -0.39 is 0 Å². The highest BCUT2D eigenvalue weighted by Crippen LogP contribution is 2.19. The molecule has 146 valence electrons. The van der Waals surface area contributed by atoms with Gasteiger partial charge in [-0.2, -0.15) is 5.10 Å². The van der Waals surface area contributed by atoms with E-state index in [0.717, 1.165) is 17.4 Å². The average molecular weight is 407 g/mol. The van der Waals surface area contributed by atoms with Gasteiger partial charge in [-0.15, -0.1) is 0 Å². The van der Waals surface area contributed by atoms with Gasteiger partial charge >= 0.3 is 0 Å². The molecule has 29 heavy (non-hydrogen) atoms. The molecule has 2 heterocycles. The van der Waals surface area contributed by atoms with Gasteiger partial charge in [-0.25, -0.2) is 9.67 Å². The largest absolute Gasteiger partial charge is 0.497 e. The molecular weight excluding hydrogens is 390 g/mol. The number of carbonyl (C=O) groups excluding carboxylic acids is 1. The lowest BCUT2D eigenvalue weighted by Crippen LogP contribution is -2.15. The smallest absolute Gasteiger partial charge is 0.262 e. The van der Waals surface area contributed by atoms with Gasteiger partial charge in [0.15, 0.2) is 10.8 Å².